The van der Waals surface area contributed by atoms with E-state index >= 15 is 0 Å². The van der Waals surface area contributed by atoms with E-state index in [1.807, 2.05) is 0 Å². The van der Waals surface area contributed by atoms with Gasteiger partial charge in [0.2, 0.25) is 0 Å². The van der Waals surface area contributed by atoms with Crippen LogP contribution in [0, 0.1) is 5.92 Å². The summed E-state index contributed by atoms with van der Waals surface area (Å²) in [4.78, 5) is 20.7. The number of hydrogen-bond acceptors (Lipinski definition) is 6. The molecule has 7 heteroatoms. The van der Waals surface area contributed by atoms with Crippen molar-refractivity contribution in [1.82, 2.24) is 9.97 Å². The molecule has 2 aromatic rings. The summed E-state index contributed by atoms with van der Waals surface area (Å²) in [6.07, 6.45) is 4.05. The number of hydrogen-bond donors (Lipinski definition) is 2. The molecule has 0 radical (unpaired) electrons. The van der Waals surface area contributed by atoms with Crippen LogP contribution in [0.15, 0.2) is 30.6 Å². The van der Waals surface area contributed by atoms with Crippen LogP contribution in [-0.2, 0) is 0 Å². The van der Waals surface area contributed by atoms with E-state index in [-0.39, 0.29) is 11.6 Å². The van der Waals surface area contributed by atoms with E-state index in [2.05, 4.69) is 34.4 Å². The van der Waals surface area contributed by atoms with E-state index in [0.29, 0.717) is 28.9 Å². The average molecular weight is 344 g/mol. The predicted octanol–water partition coefficient (Wildman–Crippen LogP) is 3.20. The summed E-state index contributed by atoms with van der Waals surface area (Å²) in [5.41, 5.74) is 0.765. The number of nitrogens with one attached hydrogen (secondary N) is 2. The monoisotopic (exact) mass is 344 g/mol. The first kappa shape index (κ1) is 18.5. The van der Waals surface area contributed by atoms with Crippen LogP contribution in [0.4, 0.5) is 11.5 Å². The van der Waals surface area contributed by atoms with Gasteiger partial charge in [0.25, 0.3) is 5.91 Å². The van der Waals surface area contributed by atoms with Gasteiger partial charge in [-0.1, -0.05) is 13.8 Å². The largest absolute Gasteiger partial charge is 0.497 e. The Bertz CT molecular complexity index is 702. The molecule has 0 saturated carbocycles. The van der Waals surface area contributed by atoms with Gasteiger partial charge >= 0.3 is 0 Å². The fourth-order valence-corrected chi connectivity index (χ4v) is 2.11. The third kappa shape index (κ3) is 5.34. The number of methoxy groups -OCH3 is 2. The number of rotatable bonds is 8. The van der Waals surface area contributed by atoms with Crippen molar-refractivity contribution >= 4 is 17.4 Å². The second-order valence-corrected chi connectivity index (χ2v) is 5.92. The topological polar surface area (TPSA) is 85.4 Å². The lowest BCUT2D eigenvalue weighted by molar-refractivity contribution is 0.102. The molecule has 1 aromatic heterocycles. The second kappa shape index (κ2) is 8.86. The van der Waals surface area contributed by atoms with Crippen LogP contribution in [0.2, 0.25) is 0 Å². The lowest BCUT2D eigenvalue weighted by Crippen LogP contribution is -2.15. The molecule has 0 aliphatic heterocycles. The van der Waals surface area contributed by atoms with E-state index in [0.717, 1.165) is 13.0 Å². The maximum absolute atomic E-state index is 12.3. The Labute approximate surface area is 147 Å². The Morgan fingerprint density at radius 1 is 1.16 bits per heavy atom. The molecule has 1 aromatic carbocycles. The molecule has 7 nitrogen and oxygen atoms in total. The molecule has 0 spiro atoms. The smallest absolute Gasteiger partial charge is 0.275 e. The molecule has 0 bridgehead atoms. The zero-order chi connectivity index (χ0) is 18.2. The fourth-order valence-electron chi connectivity index (χ4n) is 2.11. The van der Waals surface area contributed by atoms with Gasteiger partial charge in [0.05, 0.1) is 32.3 Å². The van der Waals surface area contributed by atoms with Crippen LogP contribution >= 0.6 is 0 Å². The average Bonchev–Trinajstić information content (AvgIpc) is 2.62. The minimum absolute atomic E-state index is 0.229. The van der Waals surface area contributed by atoms with E-state index < -0.39 is 0 Å². The zero-order valence-electron chi connectivity index (χ0n) is 15.0. The number of carbonyl (C=O) groups is 1. The second-order valence-electron chi connectivity index (χ2n) is 5.92. The highest BCUT2D eigenvalue weighted by Gasteiger charge is 2.12. The molecule has 0 fully saturated rings. The number of amides is 1. The Kier molecular flexibility index (Phi) is 6.56. The molecule has 2 N–H and O–H groups in total. The third-order valence-corrected chi connectivity index (χ3v) is 3.57. The van der Waals surface area contributed by atoms with E-state index in [9.17, 15) is 4.79 Å². The standard InChI is InChI=1S/C18H24N4O3/c1-12(2)7-8-19-17-11-20-15(10-21-17)18(23)22-14-6-5-13(24-3)9-16(14)25-4/h5-6,9-12H,7-8H2,1-4H3,(H,19,21)(H,22,23). The molecule has 0 aliphatic rings. The van der Waals surface area contributed by atoms with Crippen molar-refractivity contribution in [3.05, 3.63) is 36.3 Å². The molecular weight excluding hydrogens is 320 g/mol. The van der Waals surface area contributed by atoms with Crippen LogP contribution in [0.5, 0.6) is 11.5 Å². The van der Waals surface area contributed by atoms with Gasteiger partial charge in [-0.15, -0.1) is 0 Å². The first-order valence-corrected chi connectivity index (χ1v) is 8.12. The quantitative estimate of drug-likeness (QED) is 0.765. The SMILES string of the molecule is COc1ccc(NC(=O)c2cnc(NCCC(C)C)cn2)c(OC)c1. The van der Waals surface area contributed by atoms with Crippen LogP contribution < -0.4 is 20.1 Å². The first-order chi connectivity index (χ1) is 12.0. The van der Waals surface area contributed by atoms with E-state index in [1.54, 1.807) is 31.5 Å². The van der Waals surface area contributed by atoms with Crippen LogP contribution in [0.25, 0.3) is 0 Å². The van der Waals surface area contributed by atoms with Crippen LogP contribution in [0.3, 0.4) is 0 Å². The van der Waals surface area contributed by atoms with Crippen molar-refractivity contribution in [2.75, 3.05) is 31.4 Å². The first-order valence-electron chi connectivity index (χ1n) is 8.12. The Morgan fingerprint density at radius 2 is 1.96 bits per heavy atom. The van der Waals surface area contributed by atoms with Crippen molar-refractivity contribution in [3.8, 4) is 11.5 Å². The summed E-state index contributed by atoms with van der Waals surface area (Å²) < 4.78 is 10.4. The molecule has 1 amide bonds. The summed E-state index contributed by atoms with van der Waals surface area (Å²) in [5.74, 6) is 2.06. The van der Waals surface area contributed by atoms with Gasteiger partial charge in [-0.05, 0) is 24.5 Å². The normalized spacial score (nSPS) is 10.4. The number of benzene rings is 1. The Hall–Kier alpha value is -2.83. The lowest BCUT2D eigenvalue weighted by Gasteiger charge is -2.11. The molecular formula is C18H24N4O3. The van der Waals surface area contributed by atoms with Crippen molar-refractivity contribution in [3.63, 3.8) is 0 Å². The maximum atomic E-state index is 12.3. The van der Waals surface area contributed by atoms with Gasteiger partial charge < -0.3 is 20.1 Å². The summed E-state index contributed by atoms with van der Waals surface area (Å²) in [5, 5.41) is 5.95. The molecule has 134 valence electrons. The Balaban J connectivity index is 2.01. The number of aromatic nitrogens is 2. The number of carbonyl (C=O) groups excluding carboxylic acids is 1. The van der Waals surface area contributed by atoms with Crippen molar-refractivity contribution in [1.29, 1.82) is 0 Å². The van der Waals surface area contributed by atoms with Gasteiger partial charge in [0, 0.05) is 12.6 Å². The third-order valence-electron chi connectivity index (χ3n) is 3.57. The molecule has 2 rings (SSSR count). The van der Waals surface area contributed by atoms with Crippen LogP contribution in [-0.4, -0.2) is 36.6 Å². The van der Waals surface area contributed by atoms with Crippen molar-refractivity contribution < 1.29 is 14.3 Å². The van der Waals surface area contributed by atoms with Gasteiger partial charge in [-0.25, -0.2) is 9.97 Å². The minimum atomic E-state index is -0.357. The molecule has 0 saturated heterocycles. The minimum Gasteiger partial charge on any atom is -0.497 e. The molecule has 0 atom stereocenters. The highest BCUT2D eigenvalue weighted by molar-refractivity contribution is 6.03. The van der Waals surface area contributed by atoms with Gasteiger partial charge in [-0.2, -0.15) is 0 Å². The van der Waals surface area contributed by atoms with E-state index in [1.165, 1.54) is 13.3 Å². The number of nitrogens with zero attached hydrogens (tertiary/aromatic N) is 2. The molecule has 1 heterocycles. The highest BCUT2D eigenvalue weighted by Crippen LogP contribution is 2.29. The Morgan fingerprint density at radius 3 is 2.56 bits per heavy atom. The molecule has 0 aliphatic carbocycles. The number of ether oxygens (including phenoxy) is 2. The van der Waals surface area contributed by atoms with Crippen LogP contribution in [0.1, 0.15) is 30.8 Å². The van der Waals surface area contributed by atoms with Gasteiger partial charge in [0.1, 0.15) is 23.0 Å². The zero-order valence-corrected chi connectivity index (χ0v) is 15.0. The number of anilines is 2. The van der Waals surface area contributed by atoms with Gasteiger partial charge in [-0.3, -0.25) is 4.79 Å². The summed E-state index contributed by atoms with van der Waals surface area (Å²) in [6, 6.07) is 5.15. The predicted molar refractivity (Wildman–Crippen MR) is 97.5 cm³/mol. The maximum Gasteiger partial charge on any atom is 0.275 e. The fraction of sp³-hybridized carbons (Fsp3) is 0.389. The van der Waals surface area contributed by atoms with Crippen molar-refractivity contribution in [2.24, 2.45) is 5.92 Å². The van der Waals surface area contributed by atoms with Crippen molar-refractivity contribution in [2.45, 2.75) is 20.3 Å². The van der Waals surface area contributed by atoms with Gasteiger partial charge in [0.15, 0.2) is 0 Å². The highest BCUT2D eigenvalue weighted by atomic mass is 16.5. The summed E-state index contributed by atoms with van der Waals surface area (Å²) in [6.45, 7) is 5.14. The molecule has 0 unspecified atom stereocenters. The summed E-state index contributed by atoms with van der Waals surface area (Å²) >= 11 is 0. The lowest BCUT2D eigenvalue weighted by atomic mass is 10.1. The summed E-state index contributed by atoms with van der Waals surface area (Å²) in [7, 11) is 3.10. The molecule has 25 heavy (non-hydrogen) atoms. The van der Waals surface area contributed by atoms with E-state index in [4.69, 9.17) is 9.47 Å².